The summed E-state index contributed by atoms with van der Waals surface area (Å²) in [5, 5.41) is 0. The number of carbonyl (C=O) groups excluding carboxylic acids is 2. The highest BCUT2D eigenvalue weighted by Gasteiger charge is 2.43. The molecular weight excluding hydrogens is 280 g/mol. The number of rotatable bonds is 2. The van der Waals surface area contributed by atoms with E-state index in [1.54, 1.807) is 18.0 Å². The van der Waals surface area contributed by atoms with Crippen LogP contribution in [0, 0.1) is 0 Å². The fourth-order valence-electron chi connectivity index (χ4n) is 2.83. The van der Waals surface area contributed by atoms with Crippen molar-refractivity contribution in [3.8, 4) is 0 Å². The number of Topliss-reactive ketones (excluding diaryl/α,β-unsaturated/α-hetero) is 1. The van der Waals surface area contributed by atoms with Gasteiger partial charge < -0.3 is 9.64 Å². The summed E-state index contributed by atoms with van der Waals surface area (Å²) < 4.78 is 5.40. The summed E-state index contributed by atoms with van der Waals surface area (Å²) in [6.45, 7) is 8.17. The third-order valence-electron chi connectivity index (χ3n) is 4.10. The summed E-state index contributed by atoms with van der Waals surface area (Å²) in [5.74, 6) is 0.107. The molecule has 1 fully saturated rings. The highest BCUT2D eigenvalue weighted by atomic mass is 16.6. The van der Waals surface area contributed by atoms with Crippen LogP contribution in [0.25, 0.3) is 0 Å². The Labute approximate surface area is 131 Å². The Morgan fingerprint density at radius 3 is 2.32 bits per heavy atom. The smallest absolute Gasteiger partial charge is 0.410 e. The molecule has 0 spiro atoms. The van der Waals surface area contributed by atoms with E-state index in [2.05, 4.69) is 4.98 Å². The van der Waals surface area contributed by atoms with Gasteiger partial charge in [0.1, 0.15) is 11.4 Å². The van der Waals surface area contributed by atoms with Crippen molar-refractivity contribution in [1.29, 1.82) is 0 Å². The number of ketones is 1. The van der Waals surface area contributed by atoms with E-state index in [4.69, 9.17) is 4.74 Å². The molecule has 2 rings (SSSR count). The van der Waals surface area contributed by atoms with Gasteiger partial charge in [-0.25, -0.2) is 4.79 Å². The second-order valence-electron chi connectivity index (χ2n) is 6.82. The van der Waals surface area contributed by atoms with Crippen LogP contribution in [0.3, 0.4) is 0 Å². The van der Waals surface area contributed by atoms with Crippen LogP contribution in [-0.2, 0) is 14.9 Å². The van der Waals surface area contributed by atoms with Gasteiger partial charge in [0.15, 0.2) is 0 Å². The van der Waals surface area contributed by atoms with Gasteiger partial charge in [-0.2, -0.15) is 0 Å². The maximum absolute atomic E-state index is 12.3. The Balaban J connectivity index is 2.11. The molecule has 1 aliphatic heterocycles. The lowest BCUT2D eigenvalue weighted by atomic mass is 9.72. The Morgan fingerprint density at radius 2 is 1.86 bits per heavy atom. The summed E-state index contributed by atoms with van der Waals surface area (Å²) in [5.41, 5.74) is -0.293. The van der Waals surface area contributed by atoms with Gasteiger partial charge in [-0.05, 0) is 52.7 Å². The van der Waals surface area contributed by atoms with Crippen LogP contribution in [0.1, 0.15) is 46.2 Å². The van der Waals surface area contributed by atoms with Crippen molar-refractivity contribution < 1.29 is 14.3 Å². The molecule has 0 aromatic carbocycles. The van der Waals surface area contributed by atoms with Crippen LogP contribution in [0.2, 0.25) is 0 Å². The molecule has 5 nitrogen and oxygen atoms in total. The number of ether oxygens (including phenoxy) is 1. The number of pyridine rings is 1. The van der Waals surface area contributed by atoms with Gasteiger partial charge in [0.25, 0.3) is 0 Å². The largest absolute Gasteiger partial charge is 0.444 e. The van der Waals surface area contributed by atoms with E-state index in [-0.39, 0.29) is 11.9 Å². The van der Waals surface area contributed by atoms with Crippen LogP contribution < -0.4 is 0 Å². The van der Waals surface area contributed by atoms with E-state index < -0.39 is 11.0 Å². The second-order valence-corrected chi connectivity index (χ2v) is 6.82. The third kappa shape index (κ3) is 3.46. The Morgan fingerprint density at radius 1 is 1.23 bits per heavy atom. The predicted molar refractivity (Wildman–Crippen MR) is 83.6 cm³/mol. The number of aromatic nitrogens is 1. The molecule has 2 heterocycles. The number of carbonyl (C=O) groups is 2. The first-order valence-electron chi connectivity index (χ1n) is 7.65. The highest BCUT2D eigenvalue weighted by molar-refractivity contribution is 5.88. The van der Waals surface area contributed by atoms with E-state index in [1.165, 1.54) is 0 Å². The molecule has 0 N–H and O–H groups in total. The number of hydrogen-bond donors (Lipinski definition) is 0. The minimum Gasteiger partial charge on any atom is -0.444 e. The zero-order valence-electron chi connectivity index (χ0n) is 13.8. The number of hydrogen-bond acceptors (Lipinski definition) is 4. The molecule has 0 aliphatic carbocycles. The molecular formula is C17H24N2O3. The molecule has 5 heteroatoms. The first-order valence-corrected chi connectivity index (χ1v) is 7.65. The molecule has 1 saturated heterocycles. The van der Waals surface area contributed by atoms with E-state index in [1.807, 2.05) is 39.0 Å². The number of piperidine rings is 1. The first-order chi connectivity index (χ1) is 10.2. The Hall–Kier alpha value is -1.91. The van der Waals surface area contributed by atoms with Gasteiger partial charge in [-0.3, -0.25) is 9.78 Å². The van der Waals surface area contributed by atoms with Gasteiger partial charge in [-0.15, -0.1) is 0 Å². The summed E-state index contributed by atoms with van der Waals surface area (Å²) >= 11 is 0. The van der Waals surface area contributed by atoms with Crippen molar-refractivity contribution >= 4 is 11.9 Å². The zero-order valence-corrected chi connectivity index (χ0v) is 13.8. The van der Waals surface area contributed by atoms with E-state index in [0.29, 0.717) is 25.9 Å². The topological polar surface area (TPSA) is 59.5 Å². The van der Waals surface area contributed by atoms with E-state index >= 15 is 0 Å². The lowest BCUT2D eigenvalue weighted by Gasteiger charge is -2.40. The van der Waals surface area contributed by atoms with Gasteiger partial charge in [0.05, 0.1) is 11.1 Å². The monoisotopic (exact) mass is 304 g/mol. The zero-order chi connectivity index (χ0) is 16.4. The van der Waals surface area contributed by atoms with Crippen molar-refractivity contribution in [2.45, 2.75) is 51.6 Å². The van der Waals surface area contributed by atoms with Crippen LogP contribution in [0.5, 0.6) is 0 Å². The average molecular weight is 304 g/mol. The Kier molecular flexibility index (Phi) is 4.54. The average Bonchev–Trinajstić information content (AvgIpc) is 2.46. The number of likely N-dealkylation sites (tertiary alicyclic amines) is 1. The third-order valence-corrected chi connectivity index (χ3v) is 4.10. The maximum atomic E-state index is 12.3. The van der Waals surface area contributed by atoms with Crippen LogP contribution in [-0.4, -0.2) is 40.5 Å². The molecule has 0 atom stereocenters. The molecule has 1 aliphatic rings. The van der Waals surface area contributed by atoms with Crippen LogP contribution >= 0.6 is 0 Å². The van der Waals surface area contributed by atoms with Gasteiger partial charge in [0.2, 0.25) is 0 Å². The molecule has 22 heavy (non-hydrogen) atoms. The van der Waals surface area contributed by atoms with Gasteiger partial charge in [0, 0.05) is 19.3 Å². The van der Waals surface area contributed by atoms with Crippen molar-refractivity contribution in [1.82, 2.24) is 9.88 Å². The molecule has 1 amide bonds. The van der Waals surface area contributed by atoms with Crippen molar-refractivity contribution in [2.24, 2.45) is 0 Å². The second kappa shape index (κ2) is 6.07. The quantitative estimate of drug-likeness (QED) is 0.843. The number of amides is 1. The molecule has 1 aromatic rings. The van der Waals surface area contributed by atoms with E-state index in [9.17, 15) is 9.59 Å². The summed E-state index contributed by atoms with van der Waals surface area (Å²) in [6.07, 6.45) is 2.56. The lowest BCUT2D eigenvalue weighted by Crippen LogP contribution is -2.49. The van der Waals surface area contributed by atoms with Crippen molar-refractivity contribution in [2.75, 3.05) is 13.1 Å². The minimum atomic E-state index is -0.584. The first kappa shape index (κ1) is 16.5. The minimum absolute atomic E-state index is 0.107. The molecule has 0 unspecified atom stereocenters. The standard InChI is InChI=1S/C17H24N2O3/c1-13(20)17(14-7-5-6-10-18-14)8-11-19(12-9-17)15(21)22-16(2,3)4/h5-7,10H,8-9,11-12H2,1-4H3. The fourth-order valence-corrected chi connectivity index (χ4v) is 2.83. The molecule has 0 radical (unpaired) electrons. The Bertz CT molecular complexity index is 541. The summed E-state index contributed by atoms with van der Waals surface area (Å²) in [6, 6.07) is 5.63. The van der Waals surface area contributed by atoms with Crippen LogP contribution in [0.4, 0.5) is 4.79 Å². The summed E-state index contributed by atoms with van der Waals surface area (Å²) in [4.78, 5) is 30.4. The predicted octanol–water partition coefficient (Wildman–Crippen LogP) is 2.94. The molecule has 0 bridgehead atoms. The maximum Gasteiger partial charge on any atom is 0.410 e. The van der Waals surface area contributed by atoms with E-state index in [0.717, 1.165) is 5.69 Å². The lowest BCUT2D eigenvalue weighted by molar-refractivity contribution is -0.124. The fraction of sp³-hybridized carbons (Fsp3) is 0.588. The van der Waals surface area contributed by atoms with Crippen molar-refractivity contribution in [3.63, 3.8) is 0 Å². The number of nitrogens with zero attached hydrogens (tertiary/aromatic N) is 2. The molecule has 120 valence electrons. The summed E-state index contributed by atoms with van der Waals surface area (Å²) in [7, 11) is 0. The van der Waals surface area contributed by atoms with Crippen LogP contribution in [0.15, 0.2) is 24.4 Å². The SMILES string of the molecule is CC(=O)C1(c2ccccn2)CCN(C(=O)OC(C)(C)C)CC1. The molecule has 0 saturated carbocycles. The highest BCUT2D eigenvalue weighted by Crippen LogP contribution is 2.35. The normalized spacial score (nSPS) is 17.9. The van der Waals surface area contributed by atoms with Gasteiger partial charge >= 0.3 is 6.09 Å². The van der Waals surface area contributed by atoms with Gasteiger partial charge in [-0.1, -0.05) is 6.07 Å². The molecule has 1 aromatic heterocycles. The van der Waals surface area contributed by atoms with Crippen molar-refractivity contribution in [3.05, 3.63) is 30.1 Å².